The first-order chi connectivity index (χ1) is 70.2. The van der Waals surface area contributed by atoms with Crippen LogP contribution in [0.1, 0.15) is 123 Å². The molecule has 14 nitrogen and oxygen atoms in total. The standard InChI is InChI=1S/C39H30N2O.C32H25N3O.C29H21N3O.C29H26N2O/c1-26(2)27-17-19-28(20-18-27)36-37(41-23-24-42-38(41)40-36)29-21-22-33-32-15-9-10-16-34(32)39(35(33)25-29,30-11-5-3-6-12-30)31-13-7-4-8-14-31;1-21(2)22-11-13-23(14-12-22)30-31(34-19-20-36-32(34)33-30)24-15-17-25(18-16-24)35-28-9-5-3-7-26(28)27-8-4-6-10-29(27)35;1-4-10-23(11-5-1)28-27(30-29-31(28)20-21-33-29)22-16-18-26(19-17-22)32(24-12-6-2-7-13-24)25-14-8-3-9-15-25;1-18(2)19-9-11-20(12-10-19)26-27(31-15-16-32-28(31)30-26)21-13-14-23-22-7-5-6-8-24(22)29(3,4)25(23)17-21/h3-26H,1-2H3;3-21H,1-2H3;1-21H;5-18H,1-4H3. The molecule has 2 aliphatic carbocycles. The molecule has 2 aliphatic rings. The molecule has 25 aromatic rings. The smallest absolute Gasteiger partial charge is 0.306 e. The zero-order chi connectivity index (χ0) is 96.6. The summed E-state index contributed by atoms with van der Waals surface area (Å²) in [6, 6.07) is 145. The average molecular weight is 1860 g/mol. The van der Waals surface area contributed by atoms with Gasteiger partial charge >= 0.3 is 23.4 Å². The largest absolute Gasteiger partial charge is 0.432 e. The van der Waals surface area contributed by atoms with Crippen molar-refractivity contribution in [2.24, 2.45) is 0 Å². The molecule has 16 aromatic carbocycles. The van der Waals surface area contributed by atoms with Crippen molar-refractivity contribution in [2.45, 2.75) is 84.0 Å². The lowest BCUT2D eigenvalue weighted by Crippen LogP contribution is -2.28. The van der Waals surface area contributed by atoms with Crippen LogP contribution in [0.3, 0.4) is 0 Å². The molecule has 0 amide bonds. The average Bonchev–Trinajstić information content (AvgIpc) is 1.54. The van der Waals surface area contributed by atoms with Crippen LogP contribution < -0.4 is 4.90 Å². The zero-order valence-electron chi connectivity index (χ0n) is 80.6. The Hall–Kier alpha value is -17.9. The molecule has 143 heavy (non-hydrogen) atoms. The summed E-state index contributed by atoms with van der Waals surface area (Å²) in [7, 11) is 0. The Labute approximate surface area is 829 Å². The fraction of sp³-hybridized carbons (Fsp3) is 0.101. The maximum Gasteiger partial charge on any atom is 0.306 e. The highest BCUT2D eigenvalue weighted by Gasteiger charge is 2.47. The highest BCUT2D eigenvalue weighted by Crippen LogP contribution is 2.58. The van der Waals surface area contributed by atoms with Crippen LogP contribution in [-0.4, -0.2) is 42.1 Å². The molecule has 9 heterocycles. The van der Waals surface area contributed by atoms with E-state index >= 15 is 0 Å². The van der Waals surface area contributed by atoms with Crippen LogP contribution in [0, 0.1) is 0 Å². The molecule has 0 N–H and O–H groups in total. The number of hydrogen-bond acceptors (Lipinski definition) is 9. The number of hydrogen-bond donors (Lipinski definition) is 0. The van der Waals surface area contributed by atoms with Gasteiger partial charge in [-0.25, -0.2) is 0 Å². The first-order valence-corrected chi connectivity index (χ1v) is 49.1. The third-order valence-electron chi connectivity index (χ3n) is 28.6. The monoisotopic (exact) mass is 1850 g/mol. The molecular weight excluding hydrogens is 1750 g/mol. The minimum atomic E-state index is -0.455. The van der Waals surface area contributed by atoms with Gasteiger partial charge in [0.15, 0.2) is 0 Å². The van der Waals surface area contributed by atoms with Crippen molar-refractivity contribution in [1.82, 2.24) is 42.1 Å². The minimum absolute atomic E-state index is 0.0405. The SMILES string of the molecule is CC(C)c1ccc(-c2nc3occn3c2-c2ccc(-n3c4ccccc4c4ccccc43)cc2)cc1.CC(C)c1ccc(-c2nc3occn3c2-c2ccc3c(c2)C(C)(C)c2ccccc2-3)cc1.CC(C)c1ccc(-c2nc3occn3c2-c2ccc3c(c2)C(c2ccccc2)(c2ccccc2)c2ccccc2-3)cc1.c1ccc(-c2c(-c3ccc(N(c4ccccc4)c4ccccc4)cc3)nc3occn23)cc1. The number of aromatic nitrogens is 9. The third kappa shape index (κ3) is 15.5. The molecule has 0 radical (unpaired) electrons. The Morgan fingerprint density at radius 1 is 0.252 bits per heavy atom. The van der Waals surface area contributed by atoms with Crippen LogP contribution >= 0.6 is 0 Å². The summed E-state index contributed by atoms with van der Waals surface area (Å²) in [5, 5.41) is 2.53. The number of oxazole rings is 4. The van der Waals surface area contributed by atoms with Crippen molar-refractivity contribution in [3.8, 4) is 118 Å². The van der Waals surface area contributed by atoms with Crippen molar-refractivity contribution in [1.29, 1.82) is 0 Å². The summed E-state index contributed by atoms with van der Waals surface area (Å²) in [4.78, 5) is 21.7. The first kappa shape index (κ1) is 87.9. The third-order valence-corrected chi connectivity index (χ3v) is 28.6. The first-order valence-electron chi connectivity index (χ1n) is 49.1. The molecule has 0 aliphatic heterocycles. The number of fused-ring (bicyclic) bond motifs is 13. The van der Waals surface area contributed by atoms with Gasteiger partial charge < -0.3 is 27.1 Å². The number of nitrogens with zero attached hydrogens (tertiary/aromatic N) is 10. The van der Waals surface area contributed by atoms with Crippen LogP contribution in [0.4, 0.5) is 17.1 Å². The van der Waals surface area contributed by atoms with Crippen molar-refractivity contribution in [3.63, 3.8) is 0 Å². The Morgan fingerprint density at radius 2 is 0.545 bits per heavy atom. The molecule has 0 atom stereocenters. The van der Waals surface area contributed by atoms with E-state index in [0.29, 0.717) is 41.1 Å². The Morgan fingerprint density at radius 3 is 0.951 bits per heavy atom. The molecule has 0 fully saturated rings. The molecule has 0 unspecified atom stereocenters. The second-order valence-electron chi connectivity index (χ2n) is 38.3. The summed E-state index contributed by atoms with van der Waals surface area (Å²) >= 11 is 0. The van der Waals surface area contributed by atoms with Crippen molar-refractivity contribution < 1.29 is 17.7 Å². The van der Waals surface area contributed by atoms with E-state index < -0.39 is 5.41 Å². The van der Waals surface area contributed by atoms with E-state index in [1.54, 1.807) is 25.1 Å². The van der Waals surface area contributed by atoms with Gasteiger partial charge in [0.2, 0.25) is 0 Å². The fourth-order valence-electron chi connectivity index (χ4n) is 21.5. The van der Waals surface area contributed by atoms with Gasteiger partial charge in [0.25, 0.3) is 0 Å². The topological polar surface area (TPSA) is 130 Å². The van der Waals surface area contributed by atoms with Gasteiger partial charge in [-0.3, -0.25) is 17.6 Å². The van der Waals surface area contributed by atoms with Gasteiger partial charge in [-0.05, 0) is 163 Å². The lowest BCUT2D eigenvalue weighted by atomic mass is 9.67. The fourth-order valence-corrected chi connectivity index (χ4v) is 21.5. The van der Waals surface area contributed by atoms with Gasteiger partial charge in [-0.15, -0.1) is 0 Å². The lowest BCUT2D eigenvalue weighted by molar-refractivity contribution is 0.596. The van der Waals surface area contributed by atoms with E-state index in [1.807, 2.05) is 63.9 Å². The van der Waals surface area contributed by atoms with Crippen LogP contribution in [0.5, 0.6) is 0 Å². The normalized spacial score (nSPS) is 12.6. The van der Waals surface area contributed by atoms with Crippen LogP contribution in [0.2, 0.25) is 0 Å². The minimum Gasteiger partial charge on any atom is -0.432 e. The number of para-hydroxylation sites is 4. The van der Waals surface area contributed by atoms with E-state index in [0.717, 1.165) is 113 Å². The molecular formula is C129H102N10O4. The van der Waals surface area contributed by atoms with Gasteiger partial charge in [0, 0.05) is 108 Å². The number of anilines is 3. The quantitative estimate of drug-likeness (QED) is 0.0875. The second kappa shape index (κ2) is 36.5. The van der Waals surface area contributed by atoms with Crippen LogP contribution in [0.15, 0.2) is 474 Å². The highest BCUT2D eigenvalue weighted by atomic mass is 16.4. The Kier molecular flexibility index (Phi) is 22.4. The van der Waals surface area contributed by atoms with E-state index in [2.05, 4.69) is 450 Å². The number of rotatable bonds is 17. The van der Waals surface area contributed by atoms with E-state index in [9.17, 15) is 0 Å². The van der Waals surface area contributed by atoms with Crippen molar-refractivity contribution >= 4 is 62.2 Å². The molecule has 14 heteroatoms. The van der Waals surface area contributed by atoms with Gasteiger partial charge in [0.05, 0.1) is 39.2 Å². The summed E-state index contributed by atoms with van der Waals surface area (Å²) in [6.07, 6.45) is 14.5. The van der Waals surface area contributed by atoms with Crippen molar-refractivity contribution in [2.75, 3.05) is 4.90 Å². The van der Waals surface area contributed by atoms with Gasteiger partial charge in [-0.1, -0.05) is 389 Å². The van der Waals surface area contributed by atoms with E-state index in [4.69, 9.17) is 37.6 Å². The predicted molar refractivity (Wildman–Crippen MR) is 579 cm³/mol. The molecule has 27 rings (SSSR count). The lowest BCUT2D eigenvalue weighted by Gasteiger charge is -2.34. The Balaban J connectivity index is 0.000000103. The van der Waals surface area contributed by atoms with E-state index in [-0.39, 0.29) is 5.41 Å². The van der Waals surface area contributed by atoms with Crippen LogP contribution in [-0.2, 0) is 10.8 Å². The predicted octanol–water partition coefficient (Wildman–Crippen LogP) is 33.7. The van der Waals surface area contributed by atoms with Crippen LogP contribution in [0.25, 0.3) is 163 Å². The molecule has 0 saturated carbocycles. The maximum absolute atomic E-state index is 5.82. The molecule has 0 saturated heterocycles. The van der Waals surface area contributed by atoms with Gasteiger partial charge in [-0.2, -0.15) is 19.9 Å². The number of imidazole rings is 4. The molecule has 0 spiro atoms. The second-order valence-corrected chi connectivity index (χ2v) is 38.3. The molecule has 0 bridgehead atoms. The van der Waals surface area contributed by atoms with Gasteiger partial charge in [0.1, 0.15) is 47.8 Å². The molecule has 9 aromatic heterocycles. The summed E-state index contributed by atoms with van der Waals surface area (Å²) in [6.45, 7) is 17.9. The summed E-state index contributed by atoms with van der Waals surface area (Å²) < 4.78 is 33.3. The highest BCUT2D eigenvalue weighted by molar-refractivity contribution is 6.09. The molecule has 692 valence electrons. The van der Waals surface area contributed by atoms with Crippen molar-refractivity contribution in [3.05, 3.63) is 506 Å². The Bertz CT molecular complexity index is 8790. The zero-order valence-corrected chi connectivity index (χ0v) is 80.6. The summed E-state index contributed by atoms with van der Waals surface area (Å²) in [5.41, 5.74) is 40.0. The maximum atomic E-state index is 5.82. The number of benzene rings is 16. The van der Waals surface area contributed by atoms with E-state index in [1.165, 1.54) is 94.1 Å². The summed E-state index contributed by atoms with van der Waals surface area (Å²) in [5.74, 6) is 3.86.